The van der Waals surface area contributed by atoms with Crippen molar-refractivity contribution in [3.8, 4) is 0 Å². The molecule has 1 aliphatic rings. The van der Waals surface area contributed by atoms with Gasteiger partial charge in [0.05, 0.1) is 18.7 Å². The fourth-order valence-electron chi connectivity index (χ4n) is 3.17. The Bertz CT molecular complexity index is 920. The quantitative estimate of drug-likeness (QED) is 0.774. The van der Waals surface area contributed by atoms with Crippen molar-refractivity contribution in [2.24, 2.45) is 0 Å². The summed E-state index contributed by atoms with van der Waals surface area (Å²) in [6, 6.07) is 11.6. The van der Waals surface area contributed by atoms with Crippen LogP contribution in [-0.2, 0) is 15.8 Å². The average Bonchev–Trinajstić information content (AvgIpc) is 2.73. The van der Waals surface area contributed by atoms with E-state index in [1.54, 1.807) is 11.0 Å². The second-order valence-electron chi connectivity index (χ2n) is 6.89. The minimum absolute atomic E-state index is 0.184. The average molecular weight is 419 g/mol. The lowest BCUT2D eigenvalue weighted by atomic mass is 10.1. The molecule has 30 heavy (non-hydrogen) atoms. The monoisotopic (exact) mass is 419 g/mol. The number of hydrogen-bond donors (Lipinski definition) is 1. The third kappa shape index (κ3) is 5.37. The molecule has 0 unspecified atom stereocenters. The van der Waals surface area contributed by atoms with Crippen LogP contribution in [0, 0.1) is 0 Å². The number of anilines is 1. The number of H-pyrrole nitrogens is 1. The van der Waals surface area contributed by atoms with Crippen LogP contribution in [0.25, 0.3) is 6.08 Å². The number of carbonyl (C=O) groups is 2. The molecule has 2 amide bonds. The topological polar surface area (TPSA) is 66.8 Å². The number of benzene rings is 1. The summed E-state index contributed by atoms with van der Waals surface area (Å²) in [5.41, 5.74) is 0.224. The van der Waals surface area contributed by atoms with Crippen molar-refractivity contribution in [1.29, 1.82) is 0 Å². The minimum Gasteiger partial charge on any atom is -0.330 e. The van der Waals surface area contributed by atoms with Crippen molar-refractivity contribution in [1.82, 2.24) is 10.2 Å². The Hall–Kier alpha value is -3.36. The van der Waals surface area contributed by atoms with Gasteiger partial charge in [0.1, 0.15) is 25.0 Å². The zero-order chi connectivity index (χ0) is 21.7. The first-order valence-corrected chi connectivity index (χ1v) is 9.41. The van der Waals surface area contributed by atoms with Gasteiger partial charge in [0, 0.05) is 13.0 Å². The molecule has 1 fully saturated rings. The SMILES string of the molecule is CC(=O)N/C(=C\c1ccccc1)C(=O)N1CCN(c2ccc(C(F)(F)F)c[nH+]2)CC1. The van der Waals surface area contributed by atoms with Crippen LogP contribution >= 0.6 is 0 Å². The summed E-state index contributed by atoms with van der Waals surface area (Å²) in [5, 5.41) is 2.59. The van der Waals surface area contributed by atoms with Crippen LogP contribution < -0.4 is 15.2 Å². The molecule has 9 heteroatoms. The first kappa shape index (κ1) is 21.4. The van der Waals surface area contributed by atoms with Gasteiger partial charge in [-0.3, -0.25) is 14.5 Å². The van der Waals surface area contributed by atoms with Crippen molar-refractivity contribution in [2.75, 3.05) is 31.1 Å². The number of carbonyl (C=O) groups excluding carboxylic acids is 2. The Labute approximate surface area is 172 Å². The number of aromatic nitrogens is 1. The van der Waals surface area contributed by atoms with Gasteiger partial charge < -0.3 is 10.2 Å². The highest BCUT2D eigenvalue weighted by Gasteiger charge is 2.33. The van der Waals surface area contributed by atoms with Crippen LogP contribution in [0.5, 0.6) is 0 Å². The van der Waals surface area contributed by atoms with Crippen molar-refractivity contribution in [3.05, 3.63) is 65.5 Å². The molecular weight excluding hydrogens is 397 g/mol. The number of alkyl halides is 3. The van der Waals surface area contributed by atoms with E-state index in [9.17, 15) is 22.8 Å². The molecule has 1 aromatic heterocycles. The van der Waals surface area contributed by atoms with Crippen LogP contribution in [0.15, 0.2) is 54.4 Å². The maximum Gasteiger partial charge on any atom is 0.419 e. The number of pyridine rings is 1. The van der Waals surface area contributed by atoms with Crippen molar-refractivity contribution >= 4 is 23.7 Å². The molecule has 0 radical (unpaired) electrons. The van der Waals surface area contributed by atoms with E-state index in [2.05, 4.69) is 10.3 Å². The summed E-state index contributed by atoms with van der Waals surface area (Å²) in [6.45, 7) is 2.99. The maximum absolute atomic E-state index is 12.9. The van der Waals surface area contributed by atoms with E-state index in [0.29, 0.717) is 32.0 Å². The molecule has 3 rings (SSSR count). The number of nitrogens with zero attached hydrogens (tertiary/aromatic N) is 2. The molecule has 0 saturated carbocycles. The molecule has 0 aliphatic carbocycles. The molecular formula is C21H22F3N4O2+. The molecule has 1 aromatic carbocycles. The van der Waals surface area contributed by atoms with E-state index in [-0.39, 0.29) is 17.5 Å². The Balaban J connectivity index is 1.67. The standard InChI is InChI=1S/C21H21F3N4O2/c1-15(29)26-18(13-16-5-3-2-4-6-16)20(30)28-11-9-27(10-12-28)19-8-7-17(14-25-19)21(22,23)24/h2-8,13-14H,9-12H2,1H3,(H,26,29)/p+1/b18-13-. The molecule has 0 atom stereocenters. The number of hydrogen-bond acceptors (Lipinski definition) is 3. The van der Waals surface area contributed by atoms with E-state index in [0.717, 1.165) is 17.8 Å². The summed E-state index contributed by atoms with van der Waals surface area (Å²) in [5.74, 6) is -0.0920. The van der Waals surface area contributed by atoms with E-state index < -0.39 is 11.7 Å². The molecule has 158 valence electrons. The normalized spacial score (nSPS) is 15.1. The summed E-state index contributed by atoms with van der Waals surface area (Å²) in [7, 11) is 0. The number of aromatic amines is 1. The second-order valence-corrected chi connectivity index (χ2v) is 6.89. The van der Waals surface area contributed by atoms with Crippen LogP contribution in [-0.4, -0.2) is 42.9 Å². The summed E-state index contributed by atoms with van der Waals surface area (Å²) in [4.78, 5) is 30.6. The summed E-state index contributed by atoms with van der Waals surface area (Å²) in [6.07, 6.45) is -1.84. The van der Waals surface area contributed by atoms with E-state index in [1.165, 1.54) is 13.0 Å². The van der Waals surface area contributed by atoms with Gasteiger partial charge in [-0.05, 0) is 17.7 Å². The Morgan fingerprint density at radius 1 is 1.03 bits per heavy atom. The highest BCUT2D eigenvalue weighted by molar-refractivity contribution is 6.01. The van der Waals surface area contributed by atoms with Crippen molar-refractivity contribution in [3.63, 3.8) is 0 Å². The lowest BCUT2D eigenvalue weighted by Crippen LogP contribution is -2.51. The third-order valence-electron chi connectivity index (χ3n) is 4.68. The Morgan fingerprint density at radius 3 is 2.23 bits per heavy atom. The second kappa shape index (κ2) is 8.98. The zero-order valence-electron chi connectivity index (χ0n) is 16.4. The first-order valence-electron chi connectivity index (χ1n) is 9.41. The highest BCUT2D eigenvalue weighted by Crippen LogP contribution is 2.28. The number of amides is 2. The summed E-state index contributed by atoms with van der Waals surface area (Å²) >= 11 is 0. The maximum atomic E-state index is 12.9. The lowest BCUT2D eigenvalue weighted by molar-refractivity contribution is -0.367. The van der Waals surface area contributed by atoms with Gasteiger partial charge >= 0.3 is 6.18 Å². The number of rotatable bonds is 4. The third-order valence-corrected chi connectivity index (χ3v) is 4.68. The van der Waals surface area contributed by atoms with Crippen LogP contribution in [0.2, 0.25) is 0 Å². The molecule has 2 heterocycles. The molecule has 1 saturated heterocycles. The number of piperazine rings is 1. The van der Waals surface area contributed by atoms with Crippen molar-refractivity contribution in [2.45, 2.75) is 13.1 Å². The van der Waals surface area contributed by atoms with E-state index in [1.807, 2.05) is 35.2 Å². The fourth-order valence-corrected chi connectivity index (χ4v) is 3.17. The molecule has 0 spiro atoms. The number of halogens is 3. The van der Waals surface area contributed by atoms with E-state index >= 15 is 0 Å². The van der Waals surface area contributed by atoms with Gasteiger partial charge in [0.15, 0.2) is 0 Å². The first-order chi connectivity index (χ1) is 14.2. The molecule has 1 aliphatic heterocycles. The number of nitrogens with one attached hydrogen (secondary N) is 2. The fraction of sp³-hybridized carbons (Fsp3) is 0.286. The molecule has 2 N–H and O–H groups in total. The van der Waals surface area contributed by atoms with Gasteiger partial charge in [-0.25, -0.2) is 4.98 Å². The predicted molar refractivity (Wildman–Crippen MR) is 105 cm³/mol. The largest absolute Gasteiger partial charge is 0.419 e. The van der Waals surface area contributed by atoms with Crippen LogP contribution in [0.3, 0.4) is 0 Å². The van der Waals surface area contributed by atoms with Gasteiger partial charge in [0.25, 0.3) is 11.7 Å². The molecule has 2 aromatic rings. The zero-order valence-corrected chi connectivity index (χ0v) is 16.4. The smallest absolute Gasteiger partial charge is 0.330 e. The van der Waals surface area contributed by atoms with Crippen LogP contribution in [0.4, 0.5) is 19.0 Å². The highest BCUT2D eigenvalue weighted by atomic mass is 19.4. The lowest BCUT2D eigenvalue weighted by Gasteiger charge is -2.31. The minimum atomic E-state index is -4.40. The van der Waals surface area contributed by atoms with Gasteiger partial charge in [0.2, 0.25) is 5.91 Å². The summed E-state index contributed by atoms with van der Waals surface area (Å²) < 4.78 is 38.1. The van der Waals surface area contributed by atoms with Gasteiger partial charge in [-0.15, -0.1) is 0 Å². The molecule has 6 nitrogen and oxygen atoms in total. The van der Waals surface area contributed by atoms with Crippen LogP contribution in [0.1, 0.15) is 18.1 Å². The predicted octanol–water partition coefficient (Wildman–Crippen LogP) is 2.35. The Morgan fingerprint density at radius 2 is 1.70 bits per heavy atom. The van der Waals surface area contributed by atoms with E-state index in [4.69, 9.17) is 0 Å². The van der Waals surface area contributed by atoms with Crippen molar-refractivity contribution < 1.29 is 27.7 Å². The Kier molecular flexibility index (Phi) is 6.39. The molecule has 0 bridgehead atoms. The van der Waals surface area contributed by atoms with Gasteiger partial charge in [-0.2, -0.15) is 13.2 Å². The van der Waals surface area contributed by atoms with Gasteiger partial charge in [-0.1, -0.05) is 30.3 Å².